The molecule has 0 spiro atoms. The molecule has 2 atom stereocenters. The van der Waals surface area contributed by atoms with Gasteiger partial charge in [0, 0.05) is 22.5 Å². The Hall–Kier alpha value is -3.17. The average Bonchev–Trinajstić information content (AvgIpc) is 3.31. The molecule has 5 N–H and O–H groups in total. The molecule has 1 aliphatic carbocycles. The van der Waals surface area contributed by atoms with Crippen molar-refractivity contribution in [2.24, 2.45) is 0 Å². The summed E-state index contributed by atoms with van der Waals surface area (Å²) in [4.78, 5) is 21.7. The van der Waals surface area contributed by atoms with Crippen LogP contribution in [0.15, 0.2) is 36.5 Å². The smallest absolute Gasteiger partial charge is 0.274 e. The van der Waals surface area contributed by atoms with Crippen LogP contribution in [0.1, 0.15) is 35.4 Å². The summed E-state index contributed by atoms with van der Waals surface area (Å²) in [7, 11) is 0. The average molecular weight is 428 g/mol. The Morgan fingerprint density at radius 1 is 1.20 bits per heavy atom. The fourth-order valence-electron chi connectivity index (χ4n) is 3.33. The van der Waals surface area contributed by atoms with Gasteiger partial charge in [-0.1, -0.05) is 11.6 Å². The van der Waals surface area contributed by atoms with Crippen molar-refractivity contribution in [1.82, 2.24) is 25.5 Å². The molecule has 1 amide bonds. The van der Waals surface area contributed by atoms with Crippen LogP contribution >= 0.6 is 11.6 Å². The van der Waals surface area contributed by atoms with Gasteiger partial charge in [0.25, 0.3) is 5.91 Å². The molecule has 1 aliphatic rings. The number of hydrogen-bond acceptors (Lipinski definition) is 7. The van der Waals surface area contributed by atoms with Gasteiger partial charge in [-0.25, -0.2) is 9.97 Å². The molecule has 10 heteroatoms. The van der Waals surface area contributed by atoms with Crippen LogP contribution in [-0.4, -0.2) is 43.3 Å². The minimum absolute atomic E-state index is 0.132. The van der Waals surface area contributed by atoms with Gasteiger partial charge < -0.3 is 21.1 Å². The summed E-state index contributed by atoms with van der Waals surface area (Å²) in [6.07, 6.45) is 3.21. The molecule has 0 bridgehead atoms. The summed E-state index contributed by atoms with van der Waals surface area (Å²) in [5.41, 5.74) is 1.74. The van der Waals surface area contributed by atoms with Gasteiger partial charge in [-0.3, -0.25) is 9.89 Å². The third-order valence-corrected chi connectivity index (χ3v) is 5.10. The predicted octanol–water partition coefficient (Wildman–Crippen LogP) is 3.29. The van der Waals surface area contributed by atoms with Crippen molar-refractivity contribution in [3.05, 3.63) is 52.9 Å². The molecule has 2 aromatic heterocycles. The number of hydrogen-bond donors (Lipinski definition) is 5. The molecular formula is C20H22ClN7O2. The lowest BCUT2D eigenvalue weighted by Gasteiger charge is -2.18. The van der Waals surface area contributed by atoms with E-state index in [0.717, 1.165) is 18.5 Å². The molecule has 0 saturated heterocycles. The van der Waals surface area contributed by atoms with E-state index in [1.807, 2.05) is 13.0 Å². The lowest BCUT2D eigenvalue weighted by atomic mass is 10.2. The van der Waals surface area contributed by atoms with Crippen LogP contribution in [0.4, 0.5) is 23.1 Å². The maximum Gasteiger partial charge on any atom is 0.274 e. The van der Waals surface area contributed by atoms with Gasteiger partial charge in [0.2, 0.25) is 0 Å². The van der Waals surface area contributed by atoms with Crippen molar-refractivity contribution < 1.29 is 9.90 Å². The van der Waals surface area contributed by atoms with Crippen molar-refractivity contribution in [2.45, 2.75) is 38.3 Å². The fourth-order valence-corrected chi connectivity index (χ4v) is 3.46. The number of aryl methyl sites for hydroxylation is 1. The summed E-state index contributed by atoms with van der Waals surface area (Å²) in [5, 5.41) is 26.6. The van der Waals surface area contributed by atoms with Gasteiger partial charge in [-0.05, 0) is 50.5 Å². The number of amides is 1. The standard InChI is InChI=1S/C20H22ClN7O2/c1-11-9-16(28-27-11)25-17-10-22-18(20(30)24-14-3-2-4-15(14)29)19(26-17)23-13-7-5-12(21)6-8-13/h5-10,14-15,29H,2-4H2,1H3,(H,24,30)(H3,23,25,26,27,28)/t14-,15+/m1/s1. The zero-order valence-electron chi connectivity index (χ0n) is 16.3. The van der Waals surface area contributed by atoms with Gasteiger partial charge >= 0.3 is 0 Å². The van der Waals surface area contributed by atoms with Crippen LogP contribution < -0.4 is 16.0 Å². The molecule has 0 aliphatic heterocycles. The van der Waals surface area contributed by atoms with Gasteiger partial charge in [-0.2, -0.15) is 5.10 Å². The van der Waals surface area contributed by atoms with Crippen LogP contribution in [0.3, 0.4) is 0 Å². The van der Waals surface area contributed by atoms with Crippen LogP contribution in [0.25, 0.3) is 0 Å². The number of aliphatic hydroxyl groups is 1. The number of carbonyl (C=O) groups is 1. The molecule has 2 heterocycles. The van der Waals surface area contributed by atoms with Crippen LogP contribution in [0.2, 0.25) is 5.02 Å². The molecule has 3 aromatic rings. The molecule has 1 aromatic carbocycles. The van der Waals surface area contributed by atoms with Crippen molar-refractivity contribution in [3.63, 3.8) is 0 Å². The molecule has 1 fully saturated rings. The molecule has 0 unspecified atom stereocenters. The number of carbonyl (C=O) groups excluding carboxylic acids is 1. The Morgan fingerprint density at radius 3 is 2.67 bits per heavy atom. The second kappa shape index (κ2) is 8.68. The fraction of sp³-hybridized carbons (Fsp3) is 0.300. The summed E-state index contributed by atoms with van der Waals surface area (Å²) >= 11 is 5.96. The maximum absolute atomic E-state index is 12.9. The summed E-state index contributed by atoms with van der Waals surface area (Å²) in [5.74, 6) is 0.896. The number of halogens is 1. The third kappa shape index (κ3) is 4.69. The van der Waals surface area contributed by atoms with Crippen LogP contribution in [-0.2, 0) is 0 Å². The first-order chi connectivity index (χ1) is 14.5. The van der Waals surface area contributed by atoms with E-state index in [0.29, 0.717) is 28.8 Å². The van der Waals surface area contributed by atoms with Crippen LogP contribution in [0, 0.1) is 6.92 Å². The van der Waals surface area contributed by atoms with E-state index in [1.165, 1.54) is 6.20 Å². The number of aromatic nitrogens is 4. The largest absolute Gasteiger partial charge is 0.391 e. The Morgan fingerprint density at radius 2 is 2.00 bits per heavy atom. The van der Waals surface area contributed by atoms with Crippen molar-refractivity contribution >= 4 is 40.6 Å². The van der Waals surface area contributed by atoms with Gasteiger partial charge in [-0.15, -0.1) is 0 Å². The highest BCUT2D eigenvalue weighted by Gasteiger charge is 2.28. The van der Waals surface area contributed by atoms with Crippen molar-refractivity contribution in [2.75, 3.05) is 10.6 Å². The Bertz CT molecular complexity index is 1040. The molecule has 0 radical (unpaired) electrons. The first-order valence-corrected chi connectivity index (χ1v) is 10.0. The van der Waals surface area contributed by atoms with E-state index in [1.54, 1.807) is 24.3 Å². The third-order valence-electron chi connectivity index (χ3n) is 4.85. The highest BCUT2D eigenvalue weighted by Crippen LogP contribution is 2.24. The topological polar surface area (TPSA) is 128 Å². The Kier molecular flexibility index (Phi) is 5.82. The number of aromatic amines is 1. The van der Waals surface area contributed by atoms with Crippen molar-refractivity contribution in [3.8, 4) is 0 Å². The monoisotopic (exact) mass is 427 g/mol. The van der Waals surface area contributed by atoms with E-state index in [-0.39, 0.29) is 17.6 Å². The number of anilines is 4. The molecule has 4 rings (SSSR count). The number of rotatable bonds is 6. The van der Waals surface area contributed by atoms with Gasteiger partial charge in [0.1, 0.15) is 0 Å². The summed E-state index contributed by atoms with van der Waals surface area (Å²) < 4.78 is 0. The molecular weight excluding hydrogens is 406 g/mol. The van der Waals surface area contributed by atoms with E-state index in [4.69, 9.17) is 11.6 Å². The lowest BCUT2D eigenvalue weighted by Crippen LogP contribution is -2.40. The number of H-pyrrole nitrogens is 1. The van der Waals surface area contributed by atoms with E-state index in [9.17, 15) is 9.90 Å². The molecule has 1 saturated carbocycles. The first kappa shape index (κ1) is 20.1. The quantitative estimate of drug-likeness (QED) is 0.408. The minimum Gasteiger partial charge on any atom is -0.391 e. The zero-order chi connectivity index (χ0) is 21.1. The zero-order valence-corrected chi connectivity index (χ0v) is 17.1. The highest BCUT2D eigenvalue weighted by molar-refractivity contribution is 6.30. The first-order valence-electron chi connectivity index (χ1n) is 9.65. The predicted molar refractivity (Wildman–Crippen MR) is 114 cm³/mol. The Labute approximate surface area is 178 Å². The summed E-state index contributed by atoms with van der Waals surface area (Å²) in [6, 6.07) is 8.58. The second-order valence-electron chi connectivity index (χ2n) is 7.22. The number of nitrogens with zero attached hydrogens (tertiary/aromatic N) is 3. The number of aliphatic hydroxyl groups excluding tert-OH is 1. The normalized spacial score (nSPS) is 18.2. The van der Waals surface area contributed by atoms with Gasteiger partial charge in [0.05, 0.1) is 18.3 Å². The van der Waals surface area contributed by atoms with E-state index in [2.05, 4.69) is 36.1 Å². The van der Waals surface area contributed by atoms with E-state index >= 15 is 0 Å². The van der Waals surface area contributed by atoms with Crippen molar-refractivity contribution in [1.29, 1.82) is 0 Å². The second-order valence-corrected chi connectivity index (χ2v) is 7.66. The molecule has 156 valence electrons. The van der Waals surface area contributed by atoms with E-state index < -0.39 is 12.0 Å². The van der Waals surface area contributed by atoms with Crippen LogP contribution in [0.5, 0.6) is 0 Å². The Balaban J connectivity index is 1.61. The number of benzene rings is 1. The lowest BCUT2D eigenvalue weighted by molar-refractivity contribution is 0.0869. The number of nitrogens with one attached hydrogen (secondary N) is 4. The van der Waals surface area contributed by atoms with Gasteiger partial charge in [0.15, 0.2) is 23.1 Å². The molecule has 9 nitrogen and oxygen atoms in total. The summed E-state index contributed by atoms with van der Waals surface area (Å²) in [6.45, 7) is 1.89. The molecule has 30 heavy (non-hydrogen) atoms. The maximum atomic E-state index is 12.9. The minimum atomic E-state index is -0.543. The SMILES string of the molecule is Cc1cc(Nc2cnc(C(=O)N[C@@H]3CCC[C@@H]3O)c(Nc3ccc(Cl)cc3)n2)n[nH]1. The highest BCUT2D eigenvalue weighted by atomic mass is 35.5.